The Bertz CT molecular complexity index is 685. The van der Waals surface area contributed by atoms with Crippen molar-refractivity contribution in [3.8, 4) is 0 Å². The minimum Gasteiger partial charge on any atom is -0.366 e. The third kappa shape index (κ3) is 4.56. The molecule has 0 spiro atoms. The van der Waals surface area contributed by atoms with E-state index in [4.69, 9.17) is 0 Å². The van der Waals surface area contributed by atoms with E-state index >= 15 is 0 Å². The Labute approximate surface area is 136 Å². The number of aromatic nitrogens is 4. The molecule has 0 fully saturated rings. The zero-order valence-electron chi connectivity index (χ0n) is 13.2. The van der Waals surface area contributed by atoms with Gasteiger partial charge in [-0.2, -0.15) is 13.2 Å². The number of anilines is 1. The third-order valence-electron chi connectivity index (χ3n) is 3.36. The van der Waals surface area contributed by atoms with Crippen LogP contribution in [0.25, 0.3) is 11.2 Å². The maximum absolute atomic E-state index is 12.1. The van der Waals surface area contributed by atoms with Crippen molar-refractivity contribution in [2.45, 2.75) is 38.9 Å². The number of amides is 1. The van der Waals surface area contributed by atoms with Crippen molar-refractivity contribution in [2.75, 3.05) is 18.4 Å². The Hall–Kier alpha value is -2.39. The van der Waals surface area contributed by atoms with E-state index in [1.807, 2.05) is 4.57 Å². The van der Waals surface area contributed by atoms with E-state index in [0.717, 1.165) is 25.8 Å². The Balaban J connectivity index is 1.94. The number of nitrogens with one attached hydrogen (secondary N) is 2. The SMILES string of the molecule is CCCCCn1cnc2c(NCCNC(=O)C(F)(F)F)ncnc21. The van der Waals surface area contributed by atoms with Gasteiger partial charge in [-0.15, -0.1) is 0 Å². The zero-order chi connectivity index (χ0) is 17.6. The average Bonchev–Trinajstić information content (AvgIpc) is 2.95. The summed E-state index contributed by atoms with van der Waals surface area (Å²) in [7, 11) is 0. The highest BCUT2D eigenvalue weighted by atomic mass is 19.4. The molecular formula is C14H19F3N6O. The Morgan fingerprint density at radius 1 is 1.21 bits per heavy atom. The molecule has 0 aliphatic rings. The number of fused-ring (bicyclic) bond motifs is 1. The number of hydrogen-bond donors (Lipinski definition) is 2. The maximum atomic E-state index is 12.1. The van der Waals surface area contributed by atoms with E-state index in [0.29, 0.717) is 17.0 Å². The lowest BCUT2D eigenvalue weighted by molar-refractivity contribution is -0.173. The second-order valence-corrected chi connectivity index (χ2v) is 5.22. The van der Waals surface area contributed by atoms with Gasteiger partial charge in [-0.05, 0) is 6.42 Å². The van der Waals surface area contributed by atoms with Gasteiger partial charge in [-0.1, -0.05) is 19.8 Å². The van der Waals surface area contributed by atoms with Gasteiger partial charge in [0.25, 0.3) is 0 Å². The number of nitrogens with zero attached hydrogens (tertiary/aromatic N) is 4. The molecule has 7 nitrogen and oxygen atoms in total. The molecule has 0 radical (unpaired) electrons. The summed E-state index contributed by atoms with van der Waals surface area (Å²) in [5.74, 6) is -1.53. The Morgan fingerprint density at radius 2 is 2.00 bits per heavy atom. The van der Waals surface area contributed by atoms with Gasteiger partial charge in [-0.3, -0.25) is 4.79 Å². The number of aryl methyl sites for hydroxylation is 1. The van der Waals surface area contributed by atoms with Gasteiger partial charge in [0, 0.05) is 19.6 Å². The summed E-state index contributed by atoms with van der Waals surface area (Å²) in [5, 5.41) is 4.65. The summed E-state index contributed by atoms with van der Waals surface area (Å²) >= 11 is 0. The second kappa shape index (κ2) is 7.93. The van der Waals surface area contributed by atoms with Crippen LogP contribution in [0.15, 0.2) is 12.7 Å². The first-order valence-corrected chi connectivity index (χ1v) is 7.68. The van der Waals surface area contributed by atoms with Crippen molar-refractivity contribution in [1.82, 2.24) is 24.8 Å². The van der Waals surface area contributed by atoms with Gasteiger partial charge in [0.05, 0.1) is 6.33 Å². The monoisotopic (exact) mass is 344 g/mol. The summed E-state index contributed by atoms with van der Waals surface area (Å²) in [6.45, 7) is 2.83. The lowest BCUT2D eigenvalue weighted by Gasteiger charge is -2.09. The molecule has 0 aliphatic heterocycles. The van der Waals surface area contributed by atoms with Crippen LogP contribution in [-0.4, -0.2) is 44.7 Å². The lowest BCUT2D eigenvalue weighted by atomic mass is 10.2. The molecule has 132 valence electrons. The molecule has 2 aromatic rings. The van der Waals surface area contributed by atoms with Gasteiger partial charge in [0.1, 0.15) is 11.8 Å². The Morgan fingerprint density at radius 3 is 2.71 bits per heavy atom. The minimum atomic E-state index is -4.88. The largest absolute Gasteiger partial charge is 0.471 e. The molecule has 2 heterocycles. The molecule has 2 rings (SSSR count). The van der Waals surface area contributed by atoms with Crippen LogP contribution in [-0.2, 0) is 11.3 Å². The van der Waals surface area contributed by atoms with Crippen LogP contribution in [0.5, 0.6) is 0 Å². The number of halogens is 3. The van der Waals surface area contributed by atoms with Gasteiger partial charge < -0.3 is 15.2 Å². The number of carbonyl (C=O) groups excluding carboxylic acids is 1. The fraction of sp³-hybridized carbons (Fsp3) is 0.571. The van der Waals surface area contributed by atoms with Crippen molar-refractivity contribution in [2.24, 2.45) is 0 Å². The smallest absolute Gasteiger partial charge is 0.366 e. The standard InChI is InChI=1S/C14H19F3N6O/c1-2-3-4-7-23-9-22-10-11(20-8-21-12(10)23)18-5-6-19-13(24)14(15,16)17/h8-9H,2-7H2,1H3,(H,19,24)(H,18,20,21). The number of carbonyl (C=O) groups is 1. The fourth-order valence-electron chi connectivity index (χ4n) is 2.16. The average molecular weight is 344 g/mol. The second-order valence-electron chi connectivity index (χ2n) is 5.22. The molecule has 0 aliphatic carbocycles. The van der Waals surface area contributed by atoms with Crippen molar-refractivity contribution in [3.63, 3.8) is 0 Å². The van der Waals surface area contributed by atoms with Crippen molar-refractivity contribution in [3.05, 3.63) is 12.7 Å². The zero-order valence-corrected chi connectivity index (χ0v) is 13.2. The van der Waals surface area contributed by atoms with Gasteiger partial charge >= 0.3 is 12.1 Å². The molecule has 0 saturated heterocycles. The molecule has 0 unspecified atom stereocenters. The fourth-order valence-corrected chi connectivity index (χ4v) is 2.16. The van der Waals surface area contributed by atoms with E-state index in [1.54, 1.807) is 11.6 Å². The molecule has 2 N–H and O–H groups in total. The molecule has 24 heavy (non-hydrogen) atoms. The quantitative estimate of drug-likeness (QED) is 0.717. The van der Waals surface area contributed by atoms with E-state index in [9.17, 15) is 18.0 Å². The van der Waals surface area contributed by atoms with Gasteiger partial charge in [-0.25, -0.2) is 15.0 Å². The van der Waals surface area contributed by atoms with Gasteiger partial charge in [0.2, 0.25) is 0 Å². The third-order valence-corrected chi connectivity index (χ3v) is 3.36. The van der Waals surface area contributed by atoms with Crippen LogP contribution in [0.1, 0.15) is 26.2 Å². The topological polar surface area (TPSA) is 84.7 Å². The number of rotatable bonds is 8. The van der Waals surface area contributed by atoms with Crippen LogP contribution in [0.4, 0.5) is 19.0 Å². The van der Waals surface area contributed by atoms with Gasteiger partial charge in [0.15, 0.2) is 11.5 Å². The highest BCUT2D eigenvalue weighted by Gasteiger charge is 2.38. The first-order chi connectivity index (χ1) is 11.4. The van der Waals surface area contributed by atoms with E-state index in [-0.39, 0.29) is 13.1 Å². The molecule has 0 aromatic carbocycles. The maximum Gasteiger partial charge on any atom is 0.471 e. The molecule has 1 amide bonds. The first-order valence-electron chi connectivity index (χ1n) is 7.68. The van der Waals surface area contributed by atoms with Crippen LogP contribution >= 0.6 is 0 Å². The number of alkyl halides is 3. The molecular weight excluding hydrogens is 325 g/mol. The summed E-state index contributed by atoms with van der Waals surface area (Å²) < 4.78 is 38.1. The van der Waals surface area contributed by atoms with Crippen molar-refractivity contribution >= 4 is 22.9 Å². The summed E-state index contributed by atoms with van der Waals surface area (Å²) in [6.07, 6.45) is 1.40. The van der Waals surface area contributed by atoms with Crippen molar-refractivity contribution < 1.29 is 18.0 Å². The van der Waals surface area contributed by atoms with E-state index < -0.39 is 12.1 Å². The van der Waals surface area contributed by atoms with Crippen LogP contribution in [0, 0.1) is 0 Å². The van der Waals surface area contributed by atoms with Crippen molar-refractivity contribution in [1.29, 1.82) is 0 Å². The highest BCUT2D eigenvalue weighted by Crippen LogP contribution is 2.18. The van der Waals surface area contributed by atoms with Crippen LogP contribution in [0.3, 0.4) is 0 Å². The lowest BCUT2D eigenvalue weighted by Crippen LogP contribution is -2.39. The summed E-state index contributed by atoms with van der Waals surface area (Å²) in [5.41, 5.74) is 1.22. The first kappa shape index (κ1) is 18.0. The Kier molecular flexibility index (Phi) is 5.93. The molecule has 0 bridgehead atoms. The molecule has 0 atom stereocenters. The predicted molar refractivity (Wildman–Crippen MR) is 82.4 cm³/mol. The predicted octanol–water partition coefficient (Wildman–Crippen LogP) is 2.11. The number of hydrogen-bond acceptors (Lipinski definition) is 5. The highest BCUT2D eigenvalue weighted by molar-refractivity contribution is 5.83. The van der Waals surface area contributed by atoms with Crippen LogP contribution in [0.2, 0.25) is 0 Å². The summed E-state index contributed by atoms with van der Waals surface area (Å²) in [4.78, 5) is 23.2. The van der Waals surface area contributed by atoms with E-state index in [2.05, 4.69) is 27.2 Å². The van der Waals surface area contributed by atoms with Crippen LogP contribution < -0.4 is 10.6 Å². The number of imidazole rings is 1. The molecule has 0 saturated carbocycles. The van der Waals surface area contributed by atoms with E-state index in [1.165, 1.54) is 6.33 Å². The molecule has 2 aromatic heterocycles. The molecule has 10 heteroatoms. The normalized spacial score (nSPS) is 11.7. The minimum absolute atomic E-state index is 0.0939. The summed E-state index contributed by atoms with van der Waals surface area (Å²) in [6, 6.07) is 0. The number of unbranched alkanes of at least 4 members (excludes halogenated alkanes) is 2.